The molecule has 2 aromatic carbocycles. The molecule has 2 saturated heterocycles. The number of amides is 2. The Balaban J connectivity index is 1.18. The summed E-state index contributed by atoms with van der Waals surface area (Å²) in [7, 11) is 0. The van der Waals surface area contributed by atoms with Crippen molar-refractivity contribution in [1.29, 1.82) is 0 Å². The molecule has 2 fully saturated rings. The van der Waals surface area contributed by atoms with Crippen LogP contribution in [-0.4, -0.2) is 51.9 Å². The number of aromatic nitrogens is 3. The first-order chi connectivity index (χ1) is 16.6. The molecule has 0 bridgehead atoms. The molecule has 4 aromatic rings. The molecule has 172 valence electrons. The fourth-order valence-electron chi connectivity index (χ4n) is 4.65. The molecule has 2 aliphatic rings. The van der Waals surface area contributed by atoms with Gasteiger partial charge in [-0.15, -0.1) is 11.3 Å². The molecule has 2 amide bonds. The van der Waals surface area contributed by atoms with Gasteiger partial charge in [0.25, 0.3) is 5.91 Å². The van der Waals surface area contributed by atoms with Crippen molar-refractivity contribution in [3.8, 4) is 5.13 Å². The molecule has 0 aliphatic carbocycles. The maximum Gasteiger partial charge on any atom is 0.275 e. The van der Waals surface area contributed by atoms with Crippen LogP contribution in [-0.2, 0) is 4.79 Å². The van der Waals surface area contributed by atoms with Crippen molar-refractivity contribution in [3.63, 3.8) is 0 Å². The second-order valence-electron chi connectivity index (χ2n) is 8.55. The molecule has 2 aliphatic heterocycles. The average molecular weight is 474 g/mol. The summed E-state index contributed by atoms with van der Waals surface area (Å²) in [6, 6.07) is 15.6. The van der Waals surface area contributed by atoms with Gasteiger partial charge in [-0.2, -0.15) is 5.10 Å². The summed E-state index contributed by atoms with van der Waals surface area (Å²) < 4.78 is 1.71. The summed E-state index contributed by atoms with van der Waals surface area (Å²) in [5.74, 6) is -0.185. The molecular formula is C24H23N7O2S. The van der Waals surface area contributed by atoms with Gasteiger partial charge in [0.1, 0.15) is 11.2 Å². The number of benzene rings is 2. The summed E-state index contributed by atoms with van der Waals surface area (Å²) in [4.78, 5) is 32.0. The molecule has 34 heavy (non-hydrogen) atoms. The van der Waals surface area contributed by atoms with Crippen LogP contribution in [0.5, 0.6) is 0 Å². The predicted octanol–water partition coefficient (Wildman–Crippen LogP) is 2.75. The number of nitrogens with zero attached hydrogens (tertiary/aromatic N) is 4. The lowest BCUT2D eigenvalue weighted by Gasteiger charge is -2.39. The standard InChI is InChI=1S/C24H23N7O2S/c32-21(19-14-34-23(28-19)31-13-16-5-1-2-6-17(16)29-31)27-18-7-3-4-8-20(18)30-11-9-24(10-12-30)22(33)25-15-26-24/h1-8,13-14,26H,9-12,15H2,(H,25,33)(H,27,32). The lowest BCUT2D eigenvalue weighted by Crippen LogP contribution is -2.54. The smallest absolute Gasteiger partial charge is 0.275 e. The average Bonchev–Trinajstić information content (AvgIpc) is 3.59. The molecule has 3 N–H and O–H groups in total. The van der Waals surface area contributed by atoms with Crippen molar-refractivity contribution >= 4 is 45.4 Å². The molecule has 4 heterocycles. The quantitative estimate of drug-likeness (QED) is 0.421. The molecule has 9 nitrogen and oxygen atoms in total. The van der Waals surface area contributed by atoms with Crippen molar-refractivity contribution in [2.24, 2.45) is 0 Å². The number of hydrogen-bond acceptors (Lipinski definition) is 7. The van der Waals surface area contributed by atoms with Gasteiger partial charge in [-0.3, -0.25) is 14.9 Å². The summed E-state index contributed by atoms with van der Waals surface area (Å²) >= 11 is 1.37. The van der Waals surface area contributed by atoms with Gasteiger partial charge in [-0.05, 0) is 31.0 Å². The van der Waals surface area contributed by atoms with Crippen molar-refractivity contribution in [1.82, 2.24) is 25.4 Å². The van der Waals surface area contributed by atoms with Gasteiger partial charge >= 0.3 is 0 Å². The van der Waals surface area contributed by atoms with Gasteiger partial charge in [0, 0.05) is 30.1 Å². The Kier molecular flexibility index (Phi) is 5.04. The summed E-state index contributed by atoms with van der Waals surface area (Å²) in [5, 5.41) is 17.2. The molecule has 6 rings (SSSR count). The highest BCUT2D eigenvalue weighted by Gasteiger charge is 2.44. The van der Waals surface area contributed by atoms with Crippen molar-refractivity contribution in [2.75, 3.05) is 30.0 Å². The Bertz CT molecular complexity index is 1350. The third kappa shape index (κ3) is 3.61. The van der Waals surface area contributed by atoms with Gasteiger partial charge < -0.3 is 15.5 Å². The zero-order valence-corrected chi connectivity index (χ0v) is 19.1. The van der Waals surface area contributed by atoms with Gasteiger partial charge in [0.15, 0.2) is 0 Å². The Morgan fingerprint density at radius 2 is 1.88 bits per heavy atom. The van der Waals surface area contributed by atoms with Crippen LogP contribution in [0.4, 0.5) is 11.4 Å². The third-order valence-corrected chi connectivity index (χ3v) is 7.38. The van der Waals surface area contributed by atoms with Crippen molar-refractivity contribution < 1.29 is 9.59 Å². The predicted molar refractivity (Wildman–Crippen MR) is 131 cm³/mol. The topological polar surface area (TPSA) is 104 Å². The van der Waals surface area contributed by atoms with Gasteiger partial charge in [-0.25, -0.2) is 9.67 Å². The number of carbonyl (C=O) groups excluding carboxylic acids is 2. The van der Waals surface area contributed by atoms with Gasteiger partial charge in [0.05, 0.1) is 23.6 Å². The highest BCUT2D eigenvalue weighted by atomic mass is 32.1. The van der Waals surface area contributed by atoms with Crippen molar-refractivity contribution in [2.45, 2.75) is 18.4 Å². The lowest BCUT2D eigenvalue weighted by atomic mass is 9.87. The Labute approximate surface area is 199 Å². The molecule has 0 radical (unpaired) electrons. The van der Waals surface area contributed by atoms with Crippen LogP contribution in [0.25, 0.3) is 16.0 Å². The van der Waals surface area contributed by atoms with E-state index in [0.717, 1.165) is 48.2 Å². The van der Waals surface area contributed by atoms with E-state index >= 15 is 0 Å². The minimum Gasteiger partial charge on any atom is -0.370 e. The van der Waals surface area contributed by atoms with Gasteiger partial charge in [0.2, 0.25) is 11.0 Å². The second kappa shape index (κ2) is 8.23. The van der Waals surface area contributed by atoms with Crippen LogP contribution >= 0.6 is 11.3 Å². The minimum absolute atomic E-state index is 0.0816. The largest absolute Gasteiger partial charge is 0.370 e. The zero-order valence-electron chi connectivity index (χ0n) is 18.3. The molecule has 0 unspecified atom stereocenters. The number of anilines is 2. The maximum atomic E-state index is 13.0. The van der Waals surface area contributed by atoms with Crippen LogP contribution in [0.3, 0.4) is 0 Å². The van der Waals surface area contributed by atoms with E-state index in [2.05, 4.69) is 30.9 Å². The first-order valence-electron chi connectivity index (χ1n) is 11.2. The van der Waals surface area contributed by atoms with Gasteiger partial charge in [-0.1, -0.05) is 30.3 Å². The molecule has 2 aromatic heterocycles. The first-order valence-corrected chi connectivity index (χ1v) is 12.1. The van der Waals surface area contributed by atoms with E-state index in [1.165, 1.54) is 11.3 Å². The number of rotatable bonds is 4. The van der Waals surface area contributed by atoms with Crippen LogP contribution in [0.1, 0.15) is 23.3 Å². The SMILES string of the molecule is O=C(Nc1ccccc1N1CCC2(CC1)NCNC2=O)c1csc(-n2cc3ccccc3n2)n1. The highest BCUT2D eigenvalue weighted by molar-refractivity contribution is 7.12. The number of piperidine rings is 1. The molecule has 1 spiro atoms. The molecule has 10 heteroatoms. The van der Waals surface area contributed by atoms with E-state index in [0.29, 0.717) is 17.5 Å². The van der Waals surface area contributed by atoms with Crippen LogP contribution in [0.2, 0.25) is 0 Å². The van der Waals surface area contributed by atoms with E-state index in [-0.39, 0.29) is 11.8 Å². The van der Waals surface area contributed by atoms with Crippen LogP contribution in [0, 0.1) is 0 Å². The number of para-hydroxylation sites is 2. The highest BCUT2D eigenvalue weighted by Crippen LogP contribution is 2.32. The van der Waals surface area contributed by atoms with Crippen LogP contribution in [0.15, 0.2) is 60.1 Å². The maximum absolute atomic E-state index is 13.0. The molecule has 0 saturated carbocycles. The van der Waals surface area contributed by atoms with Crippen LogP contribution < -0.4 is 20.9 Å². The molecular weight excluding hydrogens is 450 g/mol. The lowest BCUT2D eigenvalue weighted by molar-refractivity contribution is -0.124. The van der Waals surface area contributed by atoms with E-state index in [1.807, 2.05) is 54.7 Å². The molecule has 0 atom stereocenters. The fourth-order valence-corrected chi connectivity index (χ4v) is 5.38. The zero-order chi connectivity index (χ0) is 23.1. The van der Waals surface area contributed by atoms with Crippen molar-refractivity contribution in [3.05, 3.63) is 65.8 Å². The van der Waals surface area contributed by atoms with E-state index in [4.69, 9.17) is 0 Å². The Morgan fingerprint density at radius 3 is 2.68 bits per heavy atom. The fraction of sp³-hybridized carbons (Fsp3) is 0.250. The van der Waals surface area contributed by atoms with E-state index < -0.39 is 5.54 Å². The number of fused-ring (bicyclic) bond motifs is 1. The number of hydrogen-bond donors (Lipinski definition) is 3. The summed E-state index contributed by atoms with van der Waals surface area (Å²) in [6.45, 7) is 1.97. The number of nitrogens with one attached hydrogen (secondary N) is 3. The monoisotopic (exact) mass is 473 g/mol. The summed E-state index contributed by atoms with van der Waals surface area (Å²) in [5.41, 5.74) is 2.43. The Morgan fingerprint density at radius 1 is 1.09 bits per heavy atom. The normalized spacial score (nSPS) is 17.3. The van der Waals surface area contributed by atoms with E-state index in [9.17, 15) is 9.59 Å². The second-order valence-corrected chi connectivity index (χ2v) is 9.38. The van der Waals surface area contributed by atoms with E-state index in [1.54, 1.807) is 10.1 Å². The number of thiazole rings is 1. The first kappa shape index (κ1) is 20.8. The third-order valence-electron chi connectivity index (χ3n) is 6.55. The number of carbonyl (C=O) groups is 2. The minimum atomic E-state index is -0.469. The summed E-state index contributed by atoms with van der Waals surface area (Å²) in [6.07, 6.45) is 3.34. The Hall–Kier alpha value is -3.76.